The molecule has 1 aromatic rings. The van der Waals surface area contributed by atoms with Gasteiger partial charge >= 0.3 is 0 Å². The highest BCUT2D eigenvalue weighted by atomic mass is 79.9. The molecule has 0 aromatic heterocycles. The van der Waals surface area contributed by atoms with E-state index in [1.54, 1.807) is 0 Å². The fourth-order valence-electron chi connectivity index (χ4n) is 3.80. The van der Waals surface area contributed by atoms with E-state index in [1.807, 2.05) is 6.07 Å². The fraction of sp³-hybridized carbons (Fsp3) is 0.625. The van der Waals surface area contributed by atoms with Crippen molar-refractivity contribution in [2.45, 2.75) is 51.2 Å². The van der Waals surface area contributed by atoms with Crippen molar-refractivity contribution in [1.82, 2.24) is 0 Å². The summed E-state index contributed by atoms with van der Waals surface area (Å²) in [5.41, 5.74) is 7.52. The Morgan fingerprint density at radius 2 is 2.16 bits per heavy atom. The van der Waals surface area contributed by atoms with Crippen LogP contribution in [0.2, 0.25) is 0 Å². The van der Waals surface area contributed by atoms with E-state index in [1.165, 1.54) is 12.8 Å². The highest BCUT2D eigenvalue weighted by Crippen LogP contribution is 2.49. The Kier molecular flexibility index (Phi) is 3.38. The maximum absolute atomic E-state index is 6.48. The number of hydrogen-bond acceptors (Lipinski definition) is 2. The first kappa shape index (κ1) is 13.4. The number of fused-ring (bicyclic) bond motifs is 1. The Morgan fingerprint density at radius 3 is 2.95 bits per heavy atom. The molecule has 3 heteroatoms. The predicted octanol–water partition coefficient (Wildman–Crippen LogP) is 4.43. The lowest BCUT2D eigenvalue weighted by molar-refractivity contribution is -0.0614. The smallest absolute Gasteiger partial charge is 0.126 e. The van der Waals surface area contributed by atoms with Crippen molar-refractivity contribution in [3.63, 3.8) is 0 Å². The van der Waals surface area contributed by atoms with Gasteiger partial charge in [0.15, 0.2) is 0 Å². The molecule has 1 fully saturated rings. The summed E-state index contributed by atoms with van der Waals surface area (Å²) in [6.45, 7) is 4.68. The highest BCUT2D eigenvalue weighted by Gasteiger charge is 2.47. The van der Waals surface area contributed by atoms with Gasteiger partial charge in [-0.05, 0) is 36.8 Å². The van der Waals surface area contributed by atoms with Gasteiger partial charge < -0.3 is 10.5 Å². The molecule has 104 valence electrons. The van der Waals surface area contributed by atoms with Crippen molar-refractivity contribution < 1.29 is 4.74 Å². The fourth-order valence-corrected chi connectivity index (χ4v) is 4.14. The molecular formula is C16H22BrNO. The van der Waals surface area contributed by atoms with E-state index >= 15 is 0 Å². The maximum atomic E-state index is 6.48. The van der Waals surface area contributed by atoms with Crippen LogP contribution in [0.1, 0.15) is 51.1 Å². The Balaban J connectivity index is 1.99. The first-order valence-corrected chi connectivity index (χ1v) is 8.05. The lowest BCUT2D eigenvalue weighted by atomic mass is 9.66. The van der Waals surface area contributed by atoms with Gasteiger partial charge in [-0.1, -0.05) is 42.3 Å². The predicted molar refractivity (Wildman–Crippen MR) is 81.2 cm³/mol. The van der Waals surface area contributed by atoms with Gasteiger partial charge in [-0.2, -0.15) is 0 Å². The van der Waals surface area contributed by atoms with Crippen LogP contribution in [0.15, 0.2) is 22.7 Å². The minimum atomic E-state index is -0.0507. The zero-order chi connectivity index (χ0) is 13.6. The third-order valence-electron chi connectivity index (χ3n) is 5.20. The average Bonchev–Trinajstić information content (AvgIpc) is 2.35. The molecule has 1 aliphatic heterocycles. The topological polar surface area (TPSA) is 35.2 Å². The molecule has 3 unspecified atom stereocenters. The van der Waals surface area contributed by atoms with Crippen LogP contribution in [0.25, 0.3) is 0 Å². The molecule has 2 aliphatic rings. The van der Waals surface area contributed by atoms with E-state index in [4.69, 9.17) is 10.5 Å². The van der Waals surface area contributed by atoms with E-state index in [-0.39, 0.29) is 11.6 Å². The third kappa shape index (κ3) is 2.21. The standard InChI is InChI=1S/C16H22BrNO/c1-10-4-3-7-16(11(10)2)9-14(18)13-6-5-12(17)8-15(13)19-16/h5-6,8,10-11,14H,3-4,7,9,18H2,1-2H3/t10?,11?,14-,16?/m0/s1. The molecule has 1 aromatic carbocycles. The van der Waals surface area contributed by atoms with Gasteiger partial charge in [0.1, 0.15) is 11.4 Å². The summed E-state index contributed by atoms with van der Waals surface area (Å²) in [4.78, 5) is 0. The Bertz CT molecular complexity index is 490. The molecule has 2 nitrogen and oxygen atoms in total. The zero-order valence-electron chi connectivity index (χ0n) is 11.7. The number of rotatable bonds is 0. The lowest BCUT2D eigenvalue weighted by Crippen LogP contribution is -2.51. The van der Waals surface area contributed by atoms with E-state index in [0.717, 1.165) is 34.5 Å². The maximum Gasteiger partial charge on any atom is 0.126 e. The quantitative estimate of drug-likeness (QED) is 0.766. The molecule has 0 radical (unpaired) electrons. The summed E-state index contributed by atoms with van der Waals surface area (Å²) in [6.07, 6.45) is 4.65. The van der Waals surface area contributed by atoms with Crippen LogP contribution < -0.4 is 10.5 Å². The molecule has 19 heavy (non-hydrogen) atoms. The third-order valence-corrected chi connectivity index (χ3v) is 5.69. The van der Waals surface area contributed by atoms with Gasteiger partial charge in [0, 0.05) is 22.5 Å². The summed E-state index contributed by atoms with van der Waals surface area (Å²) in [5.74, 6) is 2.27. The normalized spacial score (nSPS) is 37.8. The van der Waals surface area contributed by atoms with Crippen molar-refractivity contribution in [3.05, 3.63) is 28.2 Å². The van der Waals surface area contributed by atoms with Crippen LogP contribution >= 0.6 is 15.9 Å². The summed E-state index contributed by atoms with van der Waals surface area (Å²) in [7, 11) is 0. The van der Waals surface area contributed by atoms with Crippen molar-refractivity contribution in [2.75, 3.05) is 0 Å². The molecule has 2 N–H and O–H groups in total. The van der Waals surface area contributed by atoms with Gasteiger partial charge in [0.2, 0.25) is 0 Å². The number of halogens is 1. The minimum absolute atomic E-state index is 0.0507. The van der Waals surface area contributed by atoms with Crippen LogP contribution in [0.3, 0.4) is 0 Å². The van der Waals surface area contributed by atoms with Gasteiger partial charge in [-0.15, -0.1) is 0 Å². The number of nitrogens with two attached hydrogens (primary N) is 1. The molecule has 0 bridgehead atoms. The lowest BCUT2D eigenvalue weighted by Gasteiger charge is -2.49. The molecule has 0 saturated heterocycles. The van der Waals surface area contributed by atoms with E-state index < -0.39 is 0 Å². The molecule has 0 amide bonds. The average molecular weight is 324 g/mol. The largest absolute Gasteiger partial charge is 0.487 e. The van der Waals surface area contributed by atoms with Gasteiger partial charge in [0.05, 0.1) is 0 Å². The molecule has 3 rings (SSSR count). The summed E-state index contributed by atoms with van der Waals surface area (Å²) >= 11 is 3.53. The summed E-state index contributed by atoms with van der Waals surface area (Å²) < 4.78 is 7.55. The van der Waals surface area contributed by atoms with Gasteiger partial charge in [0.25, 0.3) is 0 Å². The highest BCUT2D eigenvalue weighted by molar-refractivity contribution is 9.10. The molecule has 1 aliphatic carbocycles. The van der Waals surface area contributed by atoms with Crippen LogP contribution in [0.4, 0.5) is 0 Å². The second-order valence-electron chi connectivity index (χ2n) is 6.32. The van der Waals surface area contributed by atoms with Gasteiger partial charge in [-0.25, -0.2) is 0 Å². The Labute approximate surface area is 123 Å². The first-order valence-electron chi connectivity index (χ1n) is 7.26. The van der Waals surface area contributed by atoms with Crippen molar-refractivity contribution in [3.8, 4) is 5.75 Å². The number of ether oxygens (including phenoxy) is 1. The zero-order valence-corrected chi connectivity index (χ0v) is 13.2. The van der Waals surface area contributed by atoms with Crippen LogP contribution in [-0.4, -0.2) is 5.60 Å². The number of hydrogen-bond donors (Lipinski definition) is 1. The molecular weight excluding hydrogens is 302 g/mol. The van der Waals surface area contributed by atoms with Crippen molar-refractivity contribution in [2.24, 2.45) is 17.6 Å². The molecule has 4 atom stereocenters. The minimum Gasteiger partial charge on any atom is -0.487 e. The van der Waals surface area contributed by atoms with Crippen molar-refractivity contribution >= 4 is 15.9 Å². The second kappa shape index (κ2) is 4.78. The van der Waals surface area contributed by atoms with Crippen LogP contribution in [0.5, 0.6) is 5.75 Å². The summed E-state index contributed by atoms with van der Waals surface area (Å²) in [5, 5.41) is 0. The Hall–Kier alpha value is -0.540. The van der Waals surface area contributed by atoms with Crippen molar-refractivity contribution in [1.29, 1.82) is 0 Å². The first-order chi connectivity index (χ1) is 9.02. The second-order valence-corrected chi connectivity index (χ2v) is 7.23. The SMILES string of the molecule is CC1CCCC2(C[C@H](N)c3ccc(Br)cc3O2)C1C. The molecule has 1 saturated carbocycles. The van der Waals surface area contributed by atoms with E-state index in [2.05, 4.69) is 41.9 Å². The van der Waals surface area contributed by atoms with E-state index in [9.17, 15) is 0 Å². The van der Waals surface area contributed by atoms with Gasteiger partial charge in [-0.3, -0.25) is 0 Å². The number of benzene rings is 1. The van der Waals surface area contributed by atoms with E-state index in [0.29, 0.717) is 5.92 Å². The van der Waals surface area contributed by atoms with Crippen LogP contribution in [0, 0.1) is 11.8 Å². The molecule has 1 heterocycles. The Morgan fingerprint density at radius 1 is 1.37 bits per heavy atom. The monoisotopic (exact) mass is 323 g/mol. The van der Waals surface area contributed by atoms with Crippen LogP contribution in [-0.2, 0) is 0 Å². The summed E-state index contributed by atoms with van der Waals surface area (Å²) in [6, 6.07) is 6.31. The molecule has 1 spiro atoms.